The van der Waals surface area contributed by atoms with Crippen LogP contribution in [0.2, 0.25) is 0 Å². The van der Waals surface area contributed by atoms with Crippen LogP contribution in [-0.2, 0) is 16.5 Å². The highest BCUT2D eigenvalue weighted by atomic mass is 16.7. The number of hydrogen-bond donors (Lipinski definition) is 1. The molecule has 1 aromatic heterocycles. The van der Waals surface area contributed by atoms with Crippen molar-refractivity contribution in [1.82, 2.24) is 9.55 Å². The maximum absolute atomic E-state index is 11.2. The summed E-state index contributed by atoms with van der Waals surface area (Å²) in [5, 5.41) is 0. The Bertz CT molecular complexity index is 385. The molecular formula is C8H12N2O4. The first kappa shape index (κ1) is 10.7. The van der Waals surface area contributed by atoms with Crippen LogP contribution in [0, 0.1) is 0 Å². The van der Waals surface area contributed by atoms with Crippen molar-refractivity contribution in [2.24, 2.45) is 7.05 Å². The molecular weight excluding hydrogens is 188 g/mol. The number of hydrogen-bond acceptors (Lipinski definition) is 4. The van der Waals surface area contributed by atoms with Gasteiger partial charge in [0.05, 0.1) is 5.69 Å². The van der Waals surface area contributed by atoms with Crippen LogP contribution in [0.5, 0.6) is 0 Å². The molecule has 6 heteroatoms. The van der Waals surface area contributed by atoms with Gasteiger partial charge in [-0.2, -0.15) is 0 Å². The van der Waals surface area contributed by atoms with Crippen LogP contribution < -0.4 is 11.2 Å². The van der Waals surface area contributed by atoms with E-state index >= 15 is 0 Å². The molecule has 1 aromatic rings. The van der Waals surface area contributed by atoms with E-state index in [-0.39, 0.29) is 0 Å². The Kier molecular flexibility index (Phi) is 3.21. The van der Waals surface area contributed by atoms with Gasteiger partial charge in [0.2, 0.25) is 0 Å². The van der Waals surface area contributed by atoms with Gasteiger partial charge in [-0.1, -0.05) is 0 Å². The van der Waals surface area contributed by atoms with Crippen LogP contribution in [0.1, 0.15) is 12.0 Å². The van der Waals surface area contributed by atoms with Crippen molar-refractivity contribution in [1.29, 1.82) is 0 Å². The summed E-state index contributed by atoms with van der Waals surface area (Å²) in [6.07, 6.45) is -0.725. The van der Waals surface area contributed by atoms with Crippen molar-refractivity contribution >= 4 is 0 Å². The minimum atomic E-state index is -0.725. The van der Waals surface area contributed by atoms with Crippen molar-refractivity contribution in [3.05, 3.63) is 32.6 Å². The van der Waals surface area contributed by atoms with Crippen LogP contribution in [0.15, 0.2) is 15.7 Å². The molecule has 1 N–H and O–H groups in total. The molecule has 0 unspecified atom stereocenters. The third kappa shape index (κ3) is 1.91. The number of aromatic nitrogens is 2. The van der Waals surface area contributed by atoms with Gasteiger partial charge in [-0.15, -0.1) is 0 Å². The average Bonchev–Trinajstić information content (AvgIpc) is 2.16. The number of ether oxygens (including phenoxy) is 2. The molecule has 0 atom stereocenters. The van der Waals surface area contributed by atoms with E-state index in [4.69, 9.17) is 9.47 Å². The van der Waals surface area contributed by atoms with Gasteiger partial charge in [0.15, 0.2) is 6.29 Å². The van der Waals surface area contributed by atoms with Crippen LogP contribution in [0.25, 0.3) is 0 Å². The van der Waals surface area contributed by atoms with Gasteiger partial charge in [-0.05, 0) is 0 Å². The lowest BCUT2D eigenvalue weighted by atomic mass is 10.4. The lowest BCUT2D eigenvalue weighted by molar-refractivity contribution is -0.109. The van der Waals surface area contributed by atoms with Gasteiger partial charge in [-0.3, -0.25) is 9.36 Å². The second-order valence-electron chi connectivity index (χ2n) is 2.73. The van der Waals surface area contributed by atoms with E-state index in [2.05, 4.69) is 4.98 Å². The van der Waals surface area contributed by atoms with Gasteiger partial charge >= 0.3 is 5.69 Å². The fourth-order valence-corrected chi connectivity index (χ4v) is 1.05. The Hall–Kier alpha value is -1.40. The molecule has 78 valence electrons. The zero-order valence-corrected chi connectivity index (χ0v) is 8.23. The number of rotatable bonds is 3. The van der Waals surface area contributed by atoms with Crippen molar-refractivity contribution in [2.45, 2.75) is 6.29 Å². The molecule has 14 heavy (non-hydrogen) atoms. The van der Waals surface area contributed by atoms with E-state index in [1.807, 2.05) is 0 Å². The molecule has 0 aromatic carbocycles. The fourth-order valence-electron chi connectivity index (χ4n) is 1.05. The van der Waals surface area contributed by atoms with Gasteiger partial charge in [0, 0.05) is 27.3 Å². The average molecular weight is 200 g/mol. The Morgan fingerprint density at radius 3 is 2.36 bits per heavy atom. The van der Waals surface area contributed by atoms with Crippen LogP contribution >= 0.6 is 0 Å². The van der Waals surface area contributed by atoms with Gasteiger partial charge in [0.25, 0.3) is 5.56 Å². The van der Waals surface area contributed by atoms with Gasteiger partial charge < -0.3 is 14.5 Å². The molecule has 1 rings (SSSR count). The van der Waals surface area contributed by atoms with Gasteiger partial charge in [-0.25, -0.2) is 4.79 Å². The summed E-state index contributed by atoms with van der Waals surface area (Å²) in [4.78, 5) is 24.9. The second kappa shape index (κ2) is 4.21. The molecule has 0 bridgehead atoms. The maximum Gasteiger partial charge on any atom is 0.328 e. The topological polar surface area (TPSA) is 73.3 Å². The molecule has 0 aliphatic carbocycles. The first-order valence-electron chi connectivity index (χ1n) is 3.96. The predicted molar refractivity (Wildman–Crippen MR) is 49.1 cm³/mol. The SMILES string of the molecule is COC(OC)c1cc(=O)n(C)c(=O)[nH]1. The first-order chi connectivity index (χ1) is 6.60. The number of H-pyrrole nitrogens is 1. The number of nitrogens with one attached hydrogen (secondary N) is 1. The molecule has 0 radical (unpaired) electrons. The van der Waals surface area contributed by atoms with Crippen molar-refractivity contribution in [2.75, 3.05) is 14.2 Å². The lowest BCUT2D eigenvalue weighted by Crippen LogP contribution is -2.33. The molecule has 0 aliphatic heterocycles. The highest BCUT2D eigenvalue weighted by molar-refractivity contribution is 5.01. The normalized spacial score (nSPS) is 10.9. The van der Waals surface area contributed by atoms with Crippen molar-refractivity contribution < 1.29 is 9.47 Å². The smallest absolute Gasteiger partial charge is 0.328 e. The standard InChI is InChI=1S/C8H12N2O4/c1-10-6(11)4-5(9-8(10)12)7(13-2)14-3/h4,7H,1-3H3,(H,9,12). The molecule has 0 saturated heterocycles. The Labute approximate surface area is 80.1 Å². The quantitative estimate of drug-likeness (QED) is 0.659. The predicted octanol–water partition coefficient (Wildman–Crippen LogP) is -0.635. The molecule has 1 heterocycles. The van der Waals surface area contributed by atoms with Crippen molar-refractivity contribution in [3.8, 4) is 0 Å². The third-order valence-corrected chi connectivity index (χ3v) is 1.85. The van der Waals surface area contributed by atoms with E-state index in [9.17, 15) is 9.59 Å². The van der Waals surface area contributed by atoms with E-state index in [1.165, 1.54) is 27.3 Å². The van der Waals surface area contributed by atoms with Crippen LogP contribution in [0.4, 0.5) is 0 Å². The Balaban J connectivity index is 3.25. The summed E-state index contributed by atoms with van der Waals surface area (Å²) < 4.78 is 10.8. The molecule has 0 amide bonds. The second-order valence-corrected chi connectivity index (χ2v) is 2.73. The minimum absolute atomic E-state index is 0.308. The Morgan fingerprint density at radius 1 is 1.36 bits per heavy atom. The van der Waals surface area contributed by atoms with E-state index in [0.717, 1.165) is 4.57 Å². The third-order valence-electron chi connectivity index (χ3n) is 1.85. The zero-order chi connectivity index (χ0) is 10.7. The summed E-state index contributed by atoms with van der Waals surface area (Å²) >= 11 is 0. The molecule has 0 spiro atoms. The summed E-state index contributed by atoms with van der Waals surface area (Å²) in [6.45, 7) is 0. The number of methoxy groups -OCH3 is 2. The fraction of sp³-hybridized carbons (Fsp3) is 0.500. The van der Waals surface area contributed by atoms with Gasteiger partial charge in [0.1, 0.15) is 0 Å². The van der Waals surface area contributed by atoms with Crippen LogP contribution in [0.3, 0.4) is 0 Å². The van der Waals surface area contributed by atoms with E-state index < -0.39 is 17.5 Å². The molecule has 0 aliphatic rings. The van der Waals surface area contributed by atoms with E-state index in [1.54, 1.807) is 0 Å². The summed E-state index contributed by atoms with van der Waals surface area (Å²) in [6, 6.07) is 1.26. The molecule has 0 fully saturated rings. The zero-order valence-electron chi connectivity index (χ0n) is 8.23. The maximum atomic E-state index is 11.2. The highest BCUT2D eigenvalue weighted by Crippen LogP contribution is 2.10. The molecule has 0 saturated carbocycles. The van der Waals surface area contributed by atoms with Crippen LogP contribution in [-0.4, -0.2) is 23.8 Å². The highest BCUT2D eigenvalue weighted by Gasteiger charge is 2.11. The monoisotopic (exact) mass is 200 g/mol. The van der Waals surface area contributed by atoms with Crippen molar-refractivity contribution in [3.63, 3.8) is 0 Å². The number of aromatic amines is 1. The minimum Gasteiger partial charge on any atom is -0.350 e. The number of nitrogens with zero attached hydrogens (tertiary/aromatic N) is 1. The Morgan fingerprint density at radius 2 is 1.93 bits per heavy atom. The summed E-state index contributed by atoms with van der Waals surface area (Å²) in [5.41, 5.74) is -0.586. The first-order valence-corrected chi connectivity index (χ1v) is 3.96. The summed E-state index contributed by atoms with van der Waals surface area (Å²) in [5.74, 6) is 0. The molecule has 6 nitrogen and oxygen atoms in total. The largest absolute Gasteiger partial charge is 0.350 e. The van der Waals surface area contributed by atoms with E-state index in [0.29, 0.717) is 5.69 Å². The lowest BCUT2D eigenvalue weighted by Gasteiger charge is -2.12. The summed E-state index contributed by atoms with van der Waals surface area (Å²) in [7, 11) is 4.23.